The number of piperidine rings is 1. The van der Waals surface area contributed by atoms with E-state index in [1.165, 1.54) is 12.1 Å². The molecule has 24 heavy (non-hydrogen) atoms. The van der Waals surface area contributed by atoms with E-state index in [1.54, 1.807) is 0 Å². The molecule has 134 valence electrons. The summed E-state index contributed by atoms with van der Waals surface area (Å²) in [6, 6.07) is 4.73. The Labute approximate surface area is 143 Å². The number of benzene rings is 1. The lowest BCUT2D eigenvalue weighted by Crippen LogP contribution is -2.50. The highest BCUT2D eigenvalue weighted by molar-refractivity contribution is 7.91. The Balaban J connectivity index is 1.91. The number of rotatable bonds is 6. The minimum Gasteiger partial charge on any atom is -0.355 e. The molecule has 0 bridgehead atoms. The van der Waals surface area contributed by atoms with Gasteiger partial charge in [-0.2, -0.15) is 0 Å². The lowest BCUT2D eigenvalue weighted by molar-refractivity contribution is -0.133. The van der Waals surface area contributed by atoms with E-state index >= 15 is 0 Å². The van der Waals surface area contributed by atoms with Gasteiger partial charge in [0.25, 0.3) is 0 Å². The molecule has 1 N–H and O–H groups in total. The average molecular weight is 356 g/mol. The number of sulfone groups is 1. The van der Waals surface area contributed by atoms with E-state index in [2.05, 4.69) is 17.1 Å². The lowest BCUT2D eigenvalue weighted by Gasteiger charge is -2.38. The molecule has 1 aliphatic rings. The SMILES string of the molecule is CCN1CCCC(C)(C(=O)NCCS(=O)(=O)c2ccc(F)cc2)C1. The molecule has 1 atom stereocenters. The van der Waals surface area contributed by atoms with Gasteiger partial charge in [0.05, 0.1) is 16.1 Å². The summed E-state index contributed by atoms with van der Waals surface area (Å²) in [7, 11) is -3.53. The van der Waals surface area contributed by atoms with Crippen LogP contribution in [-0.2, 0) is 14.6 Å². The molecule has 7 heteroatoms. The Morgan fingerprint density at radius 3 is 2.62 bits per heavy atom. The summed E-state index contributed by atoms with van der Waals surface area (Å²) < 4.78 is 37.3. The minimum absolute atomic E-state index is 0.0558. The Kier molecular flexibility index (Phi) is 5.98. The van der Waals surface area contributed by atoms with Crippen LogP contribution in [0.15, 0.2) is 29.2 Å². The lowest BCUT2D eigenvalue weighted by atomic mass is 9.81. The second-order valence-electron chi connectivity index (χ2n) is 6.56. The van der Waals surface area contributed by atoms with E-state index in [0.29, 0.717) is 6.54 Å². The molecule has 1 heterocycles. The molecule has 1 aromatic rings. The standard InChI is InChI=1S/C17H25FN2O3S/c1-3-20-11-4-9-17(2,13-20)16(21)19-10-12-24(22,23)15-7-5-14(18)6-8-15/h5-8H,3-4,9-13H2,1-2H3,(H,19,21). The molecule has 5 nitrogen and oxygen atoms in total. The quantitative estimate of drug-likeness (QED) is 0.790. The number of halogens is 1. The van der Waals surface area contributed by atoms with Gasteiger partial charge in [0.2, 0.25) is 5.91 Å². The van der Waals surface area contributed by atoms with Crippen molar-refractivity contribution in [3.05, 3.63) is 30.1 Å². The zero-order chi connectivity index (χ0) is 17.8. The van der Waals surface area contributed by atoms with Gasteiger partial charge in [0, 0.05) is 13.1 Å². The summed E-state index contributed by atoms with van der Waals surface area (Å²) in [5.41, 5.74) is -0.478. The summed E-state index contributed by atoms with van der Waals surface area (Å²) in [6.45, 7) is 6.65. The molecular weight excluding hydrogens is 331 g/mol. The van der Waals surface area contributed by atoms with E-state index in [0.717, 1.165) is 38.1 Å². The highest BCUT2D eigenvalue weighted by atomic mass is 32.2. The van der Waals surface area contributed by atoms with Crippen molar-refractivity contribution in [3.8, 4) is 0 Å². The summed E-state index contributed by atoms with van der Waals surface area (Å²) in [4.78, 5) is 14.8. The molecular formula is C17H25FN2O3S. The zero-order valence-electron chi connectivity index (χ0n) is 14.2. The van der Waals surface area contributed by atoms with Gasteiger partial charge in [-0.3, -0.25) is 4.79 Å². The fraction of sp³-hybridized carbons (Fsp3) is 0.588. The zero-order valence-corrected chi connectivity index (χ0v) is 15.0. The van der Waals surface area contributed by atoms with Crippen LogP contribution in [0, 0.1) is 11.2 Å². The van der Waals surface area contributed by atoms with E-state index in [9.17, 15) is 17.6 Å². The number of nitrogens with zero attached hydrogens (tertiary/aromatic N) is 1. The monoisotopic (exact) mass is 356 g/mol. The predicted octanol–water partition coefficient (Wildman–Crippen LogP) is 1.84. The molecule has 1 aliphatic heterocycles. The first-order valence-electron chi connectivity index (χ1n) is 8.26. The third-order valence-electron chi connectivity index (χ3n) is 4.60. The summed E-state index contributed by atoms with van der Waals surface area (Å²) in [5.74, 6) is -0.777. The molecule has 1 aromatic carbocycles. The van der Waals surface area contributed by atoms with Crippen LogP contribution in [0.25, 0.3) is 0 Å². The first-order chi connectivity index (χ1) is 11.3. The van der Waals surface area contributed by atoms with Crippen LogP contribution in [0.2, 0.25) is 0 Å². The van der Waals surface area contributed by atoms with Crippen LogP contribution in [0.3, 0.4) is 0 Å². The average Bonchev–Trinajstić information content (AvgIpc) is 2.55. The second kappa shape index (κ2) is 7.61. The number of nitrogens with one attached hydrogen (secondary N) is 1. The highest BCUT2D eigenvalue weighted by Gasteiger charge is 2.37. The van der Waals surface area contributed by atoms with Gasteiger partial charge in [0.1, 0.15) is 5.82 Å². The summed E-state index contributed by atoms with van der Waals surface area (Å²) in [6.07, 6.45) is 1.77. The van der Waals surface area contributed by atoms with Crippen molar-refractivity contribution in [2.75, 3.05) is 31.9 Å². The molecule has 0 saturated carbocycles. The van der Waals surface area contributed by atoms with Gasteiger partial charge in [-0.15, -0.1) is 0 Å². The van der Waals surface area contributed by atoms with Crippen molar-refractivity contribution in [2.45, 2.75) is 31.6 Å². The number of carbonyl (C=O) groups is 1. The first kappa shape index (κ1) is 18.9. The van der Waals surface area contributed by atoms with Crippen LogP contribution in [-0.4, -0.2) is 51.2 Å². The van der Waals surface area contributed by atoms with Crippen molar-refractivity contribution in [2.24, 2.45) is 5.41 Å². The summed E-state index contributed by atoms with van der Waals surface area (Å²) in [5, 5.41) is 2.76. The topological polar surface area (TPSA) is 66.5 Å². The molecule has 0 spiro atoms. The van der Waals surface area contributed by atoms with Gasteiger partial charge >= 0.3 is 0 Å². The maximum absolute atomic E-state index is 12.9. The number of hydrogen-bond acceptors (Lipinski definition) is 4. The fourth-order valence-corrected chi connectivity index (χ4v) is 4.23. The Morgan fingerprint density at radius 1 is 1.33 bits per heavy atom. The molecule has 0 aromatic heterocycles. The molecule has 1 saturated heterocycles. The van der Waals surface area contributed by atoms with E-state index in [1.807, 2.05) is 6.92 Å². The number of likely N-dealkylation sites (tertiary alicyclic amines) is 1. The fourth-order valence-electron chi connectivity index (χ4n) is 3.07. The largest absolute Gasteiger partial charge is 0.355 e. The van der Waals surface area contributed by atoms with Crippen LogP contribution in [0.1, 0.15) is 26.7 Å². The number of amides is 1. The molecule has 2 rings (SSSR count). The Bertz CT molecular complexity index is 676. The third-order valence-corrected chi connectivity index (χ3v) is 6.33. The third kappa shape index (κ3) is 4.54. The molecule has 0 radical (unpaired) electrons. The van der Waals surface area contributed by atoms with Gasteiger partial charge in [-0.05, 0) is 57.1 Å². The second-order valence-corrected chi connectivity index (χ2v) is 8.67. The molecule has 0 aliphatic carbocycles. The van der Waals surface area contributed by atoms with E-state index < -0.39 is 21.1 Å². The Hall–Kier alpha value is -1.47. The van der Waals surface area contributed by atoms with Crippen molar-refractivity contribution in [1.82, 2.24) is 10.2 Å². The number of carbonyl (C=O) groups excluding carboxylic acids is 1. The molecule has 1 unspecified atom stereocenters. The van der Waals surface area contributed by atoms with Gasteiger partial charge in [0.15, 0.2) is 9.84 Å². The van der Waals surface area contributed by atoms with Crippen molar-refractivity contribution in [1.29, 1.82) is 0 Å². The molecule has 1 amide bonds. The van der Waals surface area contributed by atoms with Crippen LogP contribution >= 0.6 is 0 Å². The maximum Gasteiger partial charge on any atom is 0.227 e. The van der Waals surface area contributed by atoms with Crippen LogP contribution < -0.4 is 5.32 Å². The van der Waals surface area contributed by atoms with Crippen molar-refractivity contribution >= 4 is 15.7 Å². The normalized spacial score (nSPS) is 22.3. The van der Waals surface area contributed by atoms with Gasteiger partial charge in [-0.25, -0.2) is 12.8 Å². The van der Waals surface area contributed by atoms with E-state index in [4.69, 9.17) is 0 Å². The molecule has 1 fully saturated rings. The Morgan fingerprint density at radius 2 is 2.00 bits per heavy atom. The van der Waals surface area contributed by atoms with Crippen molar-refractivity contribution in [3.63, 3.8) is 0 Å². The minimum atomic E-state index is -3.53. The first-order valence-corrected chi connectivity index (χ1v) is 9.91. The van der Waals surface area contributed by atoms with Crippen LogP contribution in [0.5, 0.6) is 0 Å². The highest BCUT2D eigenvalue weighted by Crippen LogP contribution is 2.29. The predicted molar refractivity (Wildman–Crippen MR) is 90.9 cm³/mol. The number of hydrogen-bond donors (Lipinski definition) is 1. The van der Waals surface area contributed by atoms with Gasteiger partial charge < -0.3 is 10.2 Å². The smallest absolute Gasteiger partial charge is 0.227 e. The maximum atomic E-state index is 12.9. The van der Waals surface area contributed by atoms with Crippen molar-refractivity contribution < 1.29 is 17.6 Å². The van der Waals surface area contributed by atoms with Crippen LogP contribution in [0.4, 0.5) is 4.39 Å². The summed E-state index contributed by atoms with van der Waals surface area (Å²) >= 11 is 0. The van der Waals surface area contributed by atoms with Gasteiger partial charge in [-0.1, -0.05) is 6.92 Å². The van der Waals surface area contributed by atoms with E-state index in [-0.39, 0.29) is 23.1 Å².